The Morgan fingerprint density at radius 3 is 2.68 bits per heavy atom. The monoisotopic (exact) mass is 271 g/mol. The van der Waals surface area contributed by atoms with Gasteiger partial charge in [-0.15, -0.1) is 0 Å². The zero-order valence-corrected chi connectivity index (χ0v) is 12.1. The average Bonchev–Trinajstić information content (AvgIpc) is 2.80. The minimum Gasteiger partial charge on any atom is -0.444 e. The van der Waals surface area contributed by atoms with Gasteiger partial charge in [0.25, 0.3) is 0 Å². The Morgan fingerprint density at radius 1 is 1.37 bits per heavy atom. The third kappa shape index (κ3) is 3.83. The largest absolute Gasteiger partial charge is 0.444 e. The van der Waals surface area contributed by atoms with E-state index in [2.05, 4.69) is 0 Å². The number of hydrogen-bond acceptors (Lipinski definition) is 4. The van der Waals surface area contributed by atoms with Gasteiger partial charge < -0.3 is 19.5 Å². The molecule has 0 unspecified atom stereocenters. The molecule has 1 N–H and O–H groups in total. The highest BCUT2D eigenvalue weighted by Gasteiger charge is 2.38. The molecule has 0 spiro atoms. The molecular formula is C14H25NO4. The SMILES string of the molecule is CC(C)(C)OC(=O)N1CC[C@H](O)[C@@H]([C@H]2CCOC2)C1. The van der Waals surface area contributed by atoms with Crippen LogP contribution in [0.1, 0.15) is 33.6 Å². The first kappa shape index (κ1) is 14.6. The summed E-state index contributed by atoms with van der Waals surface area (Å²) in [5, 5.41) is 10.1. The first-order chi connectivity index (χ1) is 8.87. The standard InChI is InChI=1S/C14H25NO4/c1-14(2,3)19-13(17)15-6-4-12(16)11(8-15)10-5-7-18-9-10/h10-12,16H,4-9H2,1-3H3/t10-,11+,12-/m0/s1. The number of amides is 1. The van der Waals surface area contributed by atoms with Crippen LogP contribution in [0.3, 0.4) is 0 Å². The molecule has 2 heterocycles. The van der Waals surface area contributed by atoms with Gasteiger partial charge in [-0.05, 0) is 39.5 Å². The van der Waals surface area contributed by atoms with Gasteiger partial charge in [0.1, 0.15) is 5.60 Å². The Morgan fingerprint density at radius 2 is 2.11 bits per heavy atom. The molecular weight excluding hydrogens is 246 g/mol. The molecule has 2 aliphatic rings. The number of carbonyl (C=O) groups excluding carboxylic acids is 1. The molecule has 0 bridgehead atoms. The summed E-state index contributed by atoms with van der Waals surface area (Å²) in [5.74, 6) is 0.476. The normalized spacial score (nSPS) is 32.4. The Labute approximate surface area is 114 Å². The third-order valence-corrected chi connectivity index (χ3v) is 3.84. The number of piperidine rings is 1. The Balaban J connectivity index is 1.94. The van der Waals surface area contributed by atoms with E-state index in [0.717, 1.165) is 13.0 Å². The van der Waals surface area contributed by atoms with Crippen molar-refractivity contribution in [3.63, 3.8) is 0 Å². The second kappa shape index (κ2) is 5.67. The second-order valence-electron chi connectivity index (χ2n) is 6.57. The van der Waals surface area contributed by atoms with Crippen LogP contribution in [-0.4, -0.2) is 54.1 Å². The van der Waals surface area contributed by atoms with E-state index in [9.17, 15) is 9.90 Å². The van der Waals surface area contributed by atoms with Crippen LogP contribution >= 0.6 is 0 Å². The molecule has 110 valence electrons. The van der Waals surface area contributed by atoms with E-state index < -0.39 is 5.60 Å². The predicted octanol–water partition coefficient (Wildman–Crippen LogP) is 1.64. The molecule has 2 fully saturated rings. The summed E-state index contributed by atoms with van der Waals surface area (Å²) in [6.45, 7) is 8.21. The minimum atomic E-state index is -0.473. The Hall–Kier alpha value is -0.810. The first-order valence-corrected chi connectivity index (χ1v) is 7.10. The van der Waals surface area contributed by atoms with Crippen LogP contribution in [0.2, 0.25) is 0 Å². The maximum absolute atomic E-state index is 12.1. The number of hydrogen-bond donors (Lipinski definition) is 1. The summed E-state index contributed by atoms with van der Waals surface area (Å²) < 4.78 is 10.8. The zero-order valence-electron chi connectivity index (χ0n) is 12.1. The van der Waals surface area contributed by atoms with Crippen LogP contribution in [0.15, 0.2) is 0 Å². The molecule has 0 saturated carbocycles. The molecule has 5 nitrogen and oxygen atoms in total. The second-order valence-corrected chi connectivity index (χ2v) is 6.57. The lowest BCUT2D eigenvalue weighted by molar-refractivity contribution is -0.0232. The van der Waals surface area contributed by atoms with Crippen molar-refractivity contribution in [3.05, 3.63) is 0 Å². The van der Waals surface area contributed by atoms with Crippen LogP contribution in [0, 0.1) is 11.8 Å². The smallest absolute Gasteiger partial charge is 0.410 e. The van der Waals surface area contributed by atoms with Crippen molar-refractivity contribution in [2.24, 2.45) is 11.8 Å². The topological polar surface area (TPSA) is 59.0 Å². The molecule has 5 heteroatoms. The van der Waals surface area contributed by atoms with E-state index in [1.165, 1.54) is 0 Å². The number of likely N-dealkylation sites (tertiary alicyclic amines) is 1. The fraction of sp³-hybridized carbons (Fsp3) is 0.929. The van der Waals surface area contributed by atoms with Gasteiger partial charge >= 0.3 is 6.09 Å². The summed E-state index contributed by atoms with van der Waals surface area (Å²) >= 11 is 0. The molecule has 19 heavy (non-hydrogen) atoms. The number of nitrogens with zero attached hydrogens (tertiary/aromatic N) is 1. The fourth-order valence-corrected chi connectivity index (χ4v) is 2.82. The zero-order chi connectivity index (χ0) is 14.0. The molecule has 1 amide bonds. The molecule has 0 aromatic rings. The molecule has 2 saturated heterocycles. The summed E-state index contributed by atoms with van der Waals surface area (Å²) in [6.07, 6.45) is 0.998. The Kier molecular flexibility index (Phi) is 4.36. The van der Waals surface area contributed by atoms with Crippen molar-refractivity contribution in [3.8, 4) is 0 Å². The number of aliphatic hydroxyl groups excluding tert-OH is 1. The van der Waals surface area contributed by atoms with Crippen LogP contribution in [0.5, 0.6) is 0 Å². The number of aliphatic hydroxyl groups is 1. The number of rotatable bonds is 1. The van der Waals surface area contributed by atoms with E-state index in [4.69, 9.17) is 9.47 Å². The first-order valence-electron chi connectivity index (χ1n) is 7.10. The van der Waals surface area contributed by atoms with Gasteiger partial charge in [-0.1, -0.05) is 0 Å². The minimum absolute atomic E-state index is 0.115. The van der Waals surface area contributed by atoms with Gasteiger partial charge in [0.05, 0.1) is 6.10 Å². The van der Waals surface area contributed by atoms with Gasteiger partial charge in [-0.3, -0.25) is 0 Å². The summed E-state index contributed by atoms with van der Waals surface area (Å²) in [7, 11) is 0. The highest BCUT2D eigenvalue weighted by Crippen LogP contribution is 2.30. The lowest BCUT2D eigenvalue weighted by Gasteiger charge is -2.39. The summed E-state index contributed by atoms with van der Waals surface area (Å²) in [5.41, 5.74) is -0.473. The maximum Gasteiger partial charge on any atom is 0.410 e. The van der Waals surface area contributed by atoms with Crippen molar-refractivity contribution in [2.75, 3.05) is 26.3 Å². The third-order valence-electron chi connectivity index (χ3n) is 3.84. The van der Waals surface area contributed by atoms with E-state index in [1.807, 2.05) is 20.8 Å². The van der Waals surface area contributed by atoms with E-state index in [0.29, 0.717) is 32.0 Å². The summed E-state index contributed by atoms with van der Waals surface area (Å²) in [6, 6.07) is 0. The van der Waals surface area contributed by atoms with Gasteiger partial charge in [0.2, 0.25) is 0 Å². The molecule has 2 rings (SSSR count). The molecule has 0 radical (unpaired) electrons. The lowest BCUT2D eigenvalue weighted by atomic mass is 9.83. The van der Waals surface area contributed by atoms with E-state index in [-0.39, 0.29) is 18.1 Å². The molecule has 0 aromatic heterocycles. The summed E-state index contributed by atoms with van der Waals surface area (Å²) in [4.78, 5) is 13.8. The molecule has 3 atom stereocenters. The fourth-order valence-electron chi connectivity index (χ4n) is 2.82. The van der Waals surface area contributed by atoms with Crippen molar-refractivity contribution in [1.29, 1.82) is 0 Å². The predicted molar refractivity (Wildman–Crippen MR) is 70.8 cm³/mol. The van der Waals surface area contributed by atoms with E-state index in [1.54, 1.807) is 4.90 Å². The van der Waals surface area contributed by atoms with Gasteiger partial charge in [0.15, 0.2) is 0 Å². The quantitative estimate of drug-likeness (QED) is 0.787. The van der Waals surface area contributed by atoms with Gasteiger partial charge in [0, 0.05) is 32.2 Å². The Bertz CT molecular complexity index is 320. The van der Waals surface area contributed by atoms with Gasteiger partial charge in [-0.25, -0.2) is 4.79 Å². The average molecular weight is 271 g/mol. The van der Waals surface area contributed by atoms with Crippen molar-refractivity contribution >= 4 is 6.09 Å². The van der Waals surface area contributed by atoms with Crippen LogP contribution in [0.25, 0.3) is 0 Å². The highest BCUT2D eigenvalue weighted by atomic mass is 16.6. The van der Waals surface area contributed by atoms with Crippen LogP contribution in [0.4, 0.5) is 4.79 Å². The maximum atomic E-state index is 12.1. The lowest BCUT2D eigenvalue weighted by Crippen LogP contribution is -2.49. The van der Waals surface area contributed by atoms with Gasteiger partial charge in [-0.2, -0.15) is 0 Å². The van der Waals surface area contributed by atoms with Crippen molar-refractivity contribution in [2.45, 2.75) is 45.3 Å². The molecule has 0 aliphatic carbocycles. The molecule has 2 aliphatic heterocycles. The molecule has 0 aromatic carbocycles. The van der Waals surface area contributed by atoms with Crippen LogP contribution < -0.4 is 0 Å². The number of carbonyl (C=O) groups is 1. The van der Waals surface area contributed by atoms with Crippen molar-refractivity contribution < 1.29 is 19.4 Å². The van der Waals surface area contributed by atoms with E-state index >= 15 is 0 Å². The highest BCUT2D eigenvalue weighted by molar-refractivity contribution is 5.68. The van der Waals surface area contributed by atoms with Crippen LogP contribution in [-0.2, 0) is 9.47 Å². The number of ether oxygens (including phenoxy) is 2. The van der Waals surface area contributed by atoms with Crippen molar-refractivity contribution in [1.82, 2.24) is 4.90 Å².